The molecule has 0 saturated heterocycles. The number of fused-ring (bicyclic) bond motifs is 1. The molecule has 3 aromatic rings. The van der Waals surface area contributed by atoms with Crippen molar-refractivity contribution in [3.8, 4) is 11.4 Å². The molecule has 0 unspecified atom stereocenters. The van der Waals surface area contributed by atoms with Gasteiger partial charge >= 0.3 is 5.97 Å². The molecule has 0 radical (unpaired) electrons. The molecule has 1 aliphatic rings. The summed E-state index contributed by atoms with van der Waals surface area (Å²) in [4.78, 5) is 26.4. The Labute approximate surface area is 208 Å². The number of nitrogens with zero attached hydrogens (tertiary/aromatic N) is 3. The molecular weight excluding hydrogens is 526 g/mol. The van der Waals surface area contributed by atoms with Crippen molar-refractivity contribution in [3.05, 3.63) is 44.7 Å². The number of nitrogens with one attached hydrogen (secondary N) is 1. The molecule has 2 aromatic heterocycles. The molecule has 2 heterocycles. The lowest BCUT2D eigenvalue weighted by Crippen LogP contribution is -2.16. The van der Waals surface area contributed by atoms with Crippen LogP contribution in [0.15, 0.2) is 33.9 Å². The first-order valence-electron chi connectivity index (χ1n) is 10.7. The van der Waals surface area contributed by atoms with Crippen LogP contribution < -0.4 is 11.2 Å². The van der Waals surface area contributed by atoms with Gasteiger partial charge in [0.2, 0.25) is 11.1 Å². The summed E-state index contributed by atoms with van der Waals surface area (Å²) >= 11 is 6.34. The number of benzene rings is 1. The maximum Gasteiger partial charge on any atom is 0.341 e. The Morgan fingerprint density at radius 3 is 2.85 bits per heavy atom. The van der Waals surface area contributed by atoms with Gasteiger partial charge < -0.3 is 15.9 Å². The van der Waals surface area contributed by atoms with Gasteiger partial charge in [0.15, 0.2) is 5.82 Å². The van der Waals surface area contributed by atoms with Crippen molar-refractivity contribution in [1.29, 1.82) is 0 Å². The number of amides is 1. The van der Waals surface area contributed by atoms with Crippen LogP contribution in [0.4, 0.5) is 5.00 Å². The highest BCUT2D eigenvalue weighted by atomic mass is 79.9. The summed E-state index contributed by atoms with van der Waals surface area (Å²) in [6.07, 6.45) is 4.16. The number of halogens is 1. The van der Waals surface area contributed by atoms with Gasteiger partial charge in [-0.1, -0.05) is 39.8 Å². The lowest BCUT2D eigenvalue weighted by atomic mass is 9.95. The highest BCUT2D eigenvalue weighted by Gasteiger charge is 2.27. The Balaban J connectivity index is 1.40. The number of thioether (sulfide) groups is 1. The summed E-state index contributed by atoms with van der Waals surface area (Å²) in [6.45, 7) is 2.08. The van der Waals surface area contributed by atoms with Crippen LogP contribution in [-0.4, -0.2) is 39.1 Å². The molecule has 4 rings (SSSR count). The Morgan fingerprint density at radius 2 is 2.06 bits per heavy atom. The fraction of sp³-hybridized carbons (Fsp3) is 0.364. The summed E-state index contributed by atoms with van der Waals surface area (Å²) in [7, 11) is 0. The molecule has 0 atom stereocenters. The van der Waals surface area contributed by atoms with E-state index in [4.69, 9.17) is 10.6 Å². The van der Waals surface area contributed by atoms with Gasteiger partial charge in [0.05, 0.1) is 12.2 Å². The molecule has 3 N–H and O–H groups in total. The van der Waals surface area contributed by atoms with Crippen LogP contribution in [0.5, 0.6) is 0 Å². The predicted octanol–water partition coefficient (Wildman–Crippen LogP) is 4.66. The monoisotopic (exact) mass is 549 g/mol. The molecule has 33 heavy (non-hydrogen) atoms. The van der Waals surface area contributed by atoms with Gasteiger partial charge in [-0.05, 0) is 50.3 Å². The first-order chi connectivity index (χ1) is 16.0. The maximum absolute atomic E-state index is 12.7. The van der Waals surface area contributed by atoms with Gasteiger partial charge in [-0.25, -0.2) is 9.47 Å². The van der Waals surface area contributed by atoms with Crippen molar-refractivity contribution >= 4 is 55.9 Å². The largest absolute Gasteiger partial charge is 0.462 e. The van der Waals surface area contributed by atoms with E-state index in [-0.39, 0.29) is 18.3 Å². The maximum atomic E-state index is 12.7. The molecule has 174 valence electrons. The predicted molar refractivity (Wildman–Crippen MR) is 134 cm³/mol. The Bertz CT molecular complexity index is 1180. The van der Waals surface area contributed by atoms with Crippen molar-refractivity contribution in [3.63, 3.8) is 0 Å². The second-order valence-electron chi connectivity index (χ2n) is 7.44. The standard InChI is InChI=1S/C22H24BrN5O3S2/c1-2-31-21(30)18-14-8-4-6-10-16(14)33-20(18)25-17(29)11-12-32-22-27-26-19(28(22)24)13-7-3-5-9-15(13)23/h3,5,7,9H,2,4,6,8,10-12,24H2,1H3,(H,25,29). The van der Waals surface area contributed by atoms with Gasteiger partial charge in [0.25, 0.3) is 0 Å². The van der Waals surface area contributed by atoms with Crippen LogP contribution >= 0.6 is 39.0 Å². The van der Waals surface area contributed by atoms with E-state index in [2.05, 4.69) is 31.4 Å². The number of hydrogen-bond acceptors (Lipinski definition) is 8. The van der Waals surface area contributed by atoms with Gasteiger partial charge in [0.1, 0.15) is 5.00 Å². The van der Waals surface area contributed by atoms with Gasteiger partial charge in [-0.2, -0.15) is 0 Å². The lowest BCUT2D eigenvalue weighted by molar-refractivity contribution is -0.115. The number of carbonyl (C=O) groups is 2. The molecule has 0 bridgehead atoms. The number of ether oxygens (including phenoxy) is 1. The molecule has 11 heteroatoms. The van der Waals surface area contributed by atoms with E-state index in [1.165, 1.54) is 32.7 Å². The van der Waals surface area contributed by atoms with E-state index >= 15 is 0 Å². The number of esters is 1. The highest BCUT2D eigenvalue weighted by Crippen LogP contribution is 2.38. The molecule has 0 aliphatic heterocycles. The van der Waals surface area contributed by atoms with Crippen LogP contribution in [0.2, 0.25) is 0 Å². The second kappa shape index (κ2) is 10.7. The summed E-state index contributed by atoms with van der Waals surface area (Å²) in [5, 5.41) is 12.4. The van der Waals surface area contributed by atoms with E-state index in [0.717, 1.165) is 41.3 Å². The van der Waals surface area contributed by atoms with E-state index in [0.29, 0.717) is 33.9 Å². The number of hydrogen-bond donors (Lipinski definition) is 2. The quantitative estimate of drug-likeness (QED) is 0.238. The molecule has 0 fully saturated rings. The van der Waals surface area contributed by atoms with Crippen LogP contribution in [0.25, 0.3) is 11.4 Å². The molecule has 0 spiro atoms. The second-order valence-corrected chi connectivity index (χ2v) is 10.5. The minimum absolute atomic E-state index is 0.166. The smallest absolute Gasteiger partial charge is 0.341 e. The van der Waals surface area contributed by atoms with E-state index in [1.54, 1.807) is 6.92 Å². The van der Waals surface area contributed by atoms with E-state index < -0.39 is 0 Å². The number of nitrogen functional groups attached to an aromatic ring is 1. The minimum atomic E-state index is -0.364. The number of carbonyl (C=O) groups excluding carboxylic acids is 2. The molecule has 1 aliphatic carbocycles. The van der Waals surface area contributed by atoms with Crippen molar-refractivity contribution in [2.45, 2.75) is 44.2 Å². The van der Waals surface area contributed by atoms with Crippen molar-refractivity contribution in [1.82, 2.24) is 14.9 Å². The van der Waals surface area contributed by atoms with E-state index in [9.17, 15) is 9.59 Å². The normalized spacial score (nSPS) is 12.9. The zero-order valence-corrected chi connectivity index (χ0v) is 21.3. The van der Waals surface area contributed by atoms with Crippen LogP contribution in [0.3, 0.4) is 0 Å². The summed E-state index contributed by atoms with van der Waals surface area (Å²) in [5.74, 6) is 6.66. The molecule has 8 nitrogen and oxygen atoms in total. The Hall–Kier alpha value is -2.37. The Morgan fingerprint density at radius 1 is 1.27 bits per heavy atom. The summed E-state index contributed by atoms with van der Waals surface area (Å²) < 4.78 is 7.55. The third kappa shape index (κ3) is 5.25. The van der Waals surface area contributed by atoms with Crippen molar-refractivity contribution < 1.29 is 14.3 Å². The number of nitrogens with two attached hydrogens (primary N) is 1. The first-order valence-corrected chi connectivity index (χ1v) is 13.3. The van der Waals surface area contributed by atoms with Crippen LogP contribution in [0, 0.1) is 0 Å². The van der Waals surface area contributed by atoms with Crippen molar-refractivity contribution in [2.75, 3.05) is 23.5 Å². The first kappa shape index (κ1) is 23.8. The van der Waals surface area contributed by atoms with Crippen molar-refractivity contribution in [2.24, 2.45) is 0 Å². The zero-order valence-electron chi connectivity index (χ0n) is 18.1. The number of aromatic nitrogens is 3. The van der Waals surface area contributed by atoms with Gasteiger partial charge in [-0.15, -0.1) is 21.5 Å². The third-order valence-corrected chi connectivity index (χ3v) is 8.09. The summed E-state index contributed by atoms with van der Waals surface area (Å²) in [6, 6.07) is 7.63. The average molecular weight is 551 g/mol. The van der Waals surface area contributed by atoms with Gasteiger partial charge in [0, 0.05) is 27.1 Å². The van der Waals surface area contributed by atoms with Crippen LogP contribution in [0.1, 0.15) is 47.0 Å². The molecule has 1 aromatic carbocycles. The Kier molecular flexibility index (Phi) is 7.71. The number of anilines is 1. The van der Waals surface area contributed by atoms with Crippen LogP contribution in [-0.2, 0) is 22.4 Å². The summed E-state index contributed by atoms with van der Waals surface area (Å²) in [5.41, 5.74) is 2.40. The fourth-order valence-corrected chi connectivity index (χ4v) is 6.25. The molecule has 1 amide bonds. The molecule has 0 saturated carbocycles. The zero-order chi connectivity index (χ0) is 23.4. The molecular formula is C22H24BrN5O3S2. The SMILES string of the molecule is CCOC(=O)c1c(NC(=O)CCSc2nnc(-c3ccccc3Br)n2N)sc2c1CCCC2. The van der Waals surface area contributed by atoms with E-state index in [1.807, 2.05) is 24.3 Å². The third-order valence-electron chi connectivity index (χ3n) is 5.24. The number of aryl methyl sites for hydroxylation is 1. The lowest BCUT2D eigenvalue weighted by Gasteiger charge is -2.12. The van der Waals surface area contributed by atoms with Gasteiger partial charge in [-0.3, -0.25) is 4.79 Å². The topological polar surface area (TPSA) is 112 Å². The average Bonchev–Trinajstić information content (AvgIpc) is 3.34. The number of rotatable bonds is 8. The number of thiophene rings is 1. The highest BCUT2D eigenvalue weighted by molar-refractivity contribution is 9.10. The fourth-order valence-electron chi connectivity index (χ4n) is 3.70. The minimum Gasteiger partial charge on any atom is -0.462 e.